The summed E-state index contributed by atoms with van der Waals surface area (Å²) >= 11 is 0.0221. The van der Waals surface area contributed by atoms with Crippen molar-refractivity contribution >= 4 is 31.3 Å². The van der Waals surface area contributed by atoms with Gasteiger partial charge in [0.15, 0.2) is 0 Å². The van der Waals surface area contributed by atoms with E-state index in [1.165, 1.54) is 0 Å². The van der Waals surface area contributed by atoms with Gasteiger partial charge in [-0.15, -0.1) is 0 Å². The van der Waals surface area contributed by atoms with Gasteiger partial charge < -0.3 is 0 Å². The van der Waals surface area contributed by atoms with Crippen LogP contribution < -0.4 is 5.32 Å². The summed E-state index contributed by atoms with van der Waals surface area (Å²) in [6.45, 7) is 0. The van der Waals surface area contributed by atoms with Crippen LogP contribution in [0.3, 0.4) is 0 Å². The maximum atomic E-state index is 12.0. The predicted octanol–water partition coefficient (Wildman–Crippen LogP) is 2.25. The molecule has 1 fully saturated rings. The van der Waals surface area contributed by atoms with Gasteiger partial charge in [-0.2, -0.15) is 0 Å². The molecule has 3 nitrogen and oxygen atoms in total. The molecule has 0 spiro atoms. The number of aliphatic imine (C=N–C) groups is 1. The Morgan fingerprint density at radius 3 is 2.26 bits per heavy atom. The van der Waals surface area contributed by atoms with E-state index < -0.39 is 0 Å². The monoisotopic (exact) mass is 316 g/mol. The molecule has 0 bridgehead atoms. The van der Waals surface area contributed by atoms with E-state index in [2.05, 4.69) is 10.3 Å². The van der Waals surface area contributed by atoms with Crippen molar-refractivity contribution in [3.05, 3.63) is 66.2 Å². The Morgan fingerprint density at radius 2 is 1.58 bits per heavy atom. The Morgan fingerprint density at radius 1 is 0.947 bits per heavy atom. The molecule has 0 saturated carbocycles. The van der Waals surface area contributed by atoms with Crippen molar-refractivity contribution in [1.82, 2.24) is 5.32 Å². The molecule has 1 amide bonds. The minimum atomic E-state index is -0.0591. The fraction of sp³-hybridized carbons (Fsp3) is 0.0667. The summed E-state index contributed by atoms with van der Waals surface area (Å²) < 4.78 is 0.803. The predicted molar refractivity (Wildman–Crippen MR) is 76.6 cm³/mol. The van der Waals surface area contributed by atoms with Gasteiger partial charge in [0.2, 0.25) is 0 Å². The molecule has 1 atom stereocenters. The molecule has 2 aromatic rings. The van der Waals surface area contributed by atoms with E-state index in [4.69, 9.17) is 0 Å². The summed E-state index contributed by atoms with van der Waals surface area (Å²) in [5, 5.41) is 2.89. The fourth-order valence-electron chi connectivity index (χ4n) is 1.89. The number of amides is 1. The Balaban J connectivity index is 1.83. The zero-order valence-electron chi connectivity index (χ0n) is 10.1. The van der Waals surface area contributed by atoms with Gasteiger partial charge in [-0.1, -0.05) is 0 Å². The van der Waals surface area contributed by atoms with Gasteiger partial charge in [0.25, 0.3) is 0 Å². The summed E-state index contributed by atoms with van der Waals surface area (Å²) in [7, 11) is 0. The van der Waals surface area contributed by atoms with Crippen LogP contribution in [0.25, 0.3) is 0 Å². The van der Waals surface area contributed by atoms with Crippen LogP contribution in [0, 0.1) is 0 Å². The molecule has 4 heteroatoms. The number of hydrogen-bond donors (Lipinski definition) is 1. The molecule has 3 rings (SSSR count). The number of nitrogens with one attached hydrogen (secondary N) is 1. The number of benzene rings is 2. The van der Waals surface area contributed by atoms with Crippen LogP contribution in [0.4, 0.5) is 5.69 Å². The van der Waals surface area contributed by atoms with Crippen molar-refractivity contribution in [2.24, 2.45) is 4.99 Å². The van der Waals surface area contributed by atoms with Crippen LogP contribution in [-0.2, 0) is 4.79 Å². The third kappa shape index (κ3) is 2.75. The Labute approximate surface area is 117 Å². The molecule has 1 aliphatic heterocycles. The van der Waals surface area contributed by atoms with Gasteiger partial charge in [0.1, 0.15) is 0 Å². The molecule has 1 unspecified atom stereocenters. The quantitative estimate of drug-likeness (QED) is 0.849. The van der Waals surface area contributed by atoms with Crippen molar-refractivity contribution in [2.45, 2.75) is 4.82 Å². The van der Waals surface area contributed by atoms with Crippen LogP contribution in [0.15, 0.2) is 65.7 Å². The van der Waals surface area contributed by atoms with Crippen molar-refractivity contribution in [2.75, 3.05) is 0 Å². The van der Waals surface area contributed by atoms with E-state index in [1.54, 1.807) is 0 Å². The van der Waals surface area contributed by atoms with Crippen molar-refractivity contribution in [3.63, 3.8) is 0 Å². The molecule has 1 aliphatic rings. The Kier molecular flexibility index (Phi) is 3.45. The first-order chi connectivity index (χ1) is 9.33. The molecule has 94 valence electrons. The second kappa shape index (κ2) is 5.39. The third-order valence-corrected chi connectivity index (χ3v) is 5.18. The summed E-state index contributed by atoms with van der Waals surface area (Å²) in [5.41, 5.74) is 1.95. The summed E-state index contributed by atoms with van der Waals surface area (Å²) in [6, 6.07) is 19.6. The number of nitrogens with zero attached hydrogens (tertiary/aromatic N) is 1. The van der Waals surface area contributed by atoms with Gasteiger partial charge in [0.05, 0.1) is 0 Å². The molecule has 0 aliphatic carbocycles. The van der Waals surface area contributed by atoms with E-state index in [0.29, 0.717) is 0 Å². The van der Waals surface area contributed by atoms with Crippen LogP contribution in [0.1, 0.15) is 10.4 Å². The SMILES string of the molecule is O=C1NC(=Nc2ccccc2)[Se]C1c1ccccc1. The fourth-order valence-corrected chi connectivity index (χ4v) is 3.99. The minimum absolute atomic E-state index is 0.0221. The summed E-state index contributed by atoms with van der Waals surface area (Å²) in [5.74, 6) is 0.0564. The summed E-state index contributed by atoms with van der Waals surface area (Å²) in [6.07, 6.45) is 0. The molecule has 1 heterocycles. The summed E-state index contributed by atoms with van der Waals surface area (Å²) in [4.78, 5) is 16.4. The third-order valence-electron chi connectivity index (χ3n) is 2.79. The molecular weight excluding hydrogens is 303 g/mol. The Bertz CT molecular complexity index is 611. The van der Waals surface area contributed by atoms with Gasteiger partial charge in [-0.05, 0) is 0 Å². The van der Waals surface area contributed by atoms with Gasteiger partial charge in [0, 0.05) is 0 Å². The first-order valence-electron chi connectivity index (χ1n) is 5.99. The standard InChI is InChI=1S/C15H12N2OSe/c18-14-13(11-7-3-1-4-8-11)19-15(17-14)16-12-9-5-2-6-10-12/h1-10,13H,(H,16,17,18). The second-order valence-electron chi connectivity index (χ2n) is 4.15. The number of rotatable bonds is 2. The molecule has 0 aromatic heterocycles. The second-order valence-corrected chi connectivity index (χ2v) is 6.45. The van der Waals surface area contributed by atoms with E-state index in [9.17, 15) is 4.79 Å². The maximum absolute atomic E-state index is 12.0. The van der Waals surface area contributed by atoms with E-state index in [0.717, 1.165) is 16.0 Å². The first kappa shape index (κ1) is 12.1. The average Bonchev–Trinajstić information content (AvgIpc) is 2.82. The van der Waals surface area contributed by atoms with E-state index >= 15 is 0 Å². The van der Waals surface area contributed by atoms with E-state index in [1.807, 2.05) is 60.7 Å². The van der Waals surface area contributed by atoms with E-state index in [-0.39, 0.29) is 25.7 Å². The molecule has 19 heavy (non-hydrogen) atoms. The van der Waals surface area contributed by atoms with Gasteiger partial charge >= 0.3 is 117 Å². The van der Waals surface area contributed by atoms with Crippen LogP contribution in [0.2, 0.25) is 0 Å². The number of para-hydroxylation sites is 1. The molecular formula is C15H12N2OSe. The first-order valence-corrected chi connectivity index (χ1v) is 7.84. The average molecular weight is 315 g/mol. The number of amidine groups is 1. The molecule has 0 radical (unpaired) electrons. The Hall–Kier alpha value is -1.90. The topological polar surface area (TPSA) is 41.5 Å². The van der Waals surface area contributed by atoms with Crippen LogP contribution >= 0.6 is 0 Å². The molecule has 1 saturated heterocycles. The van der Waals surface area contributed by atoms with Gasteiger partial charge in [-0.3, -0.25) is 0 Å². The zero-order chi connectivity index (χ0) is 13.1. The number of carbonyl (C=O) groups excluding carboxylic acids is 1. The van der Waals surface area contributed by atoms with Crippen molar-refractivity contribution in [3.8, 4) is 0 Å². The van der Waals surface area contributed by atoms with Crippen molar-refractivity contribution < 1.29 is 4.79 Å². The number of hydrogen-bond acceptors (Lipinski definition) is 2. The van der Waals surface area contributed by atoms with Crippen LogP contribution in [-0.4, -0.2) is 25.6 Å². The zero-order valence-corrected chi connectivity index (χ0v) is 11.8. The van der Waals surface area contributed by atoms with Gasteiger partial charge in [-0.25, -0.2) is 0 Å². The number of carbonyl (C=O) groups is 1. The van der Waals surface area contributed by atoms with Crippen molar-refractivity contribution in [1.29, 1.82) is 0 Å². The molecule has 2 aromatic carbocycles. The van der Waals surface area contributed by atoms with Crippen LogP contribution in [0.5, 0.6) is 0 Å². The normalized spacial score (nSPS) is 20.5. The molecule has 1 N–H and O–H groups in total.